The molecule has 3 nitrogen and oxygen atoms in total. The summed E-state index contributed by atoms with van der Waals surface area (Å²) in [4.78, 5) is 0. The van der Waals surface area contributed by atoms with Crippen LogP contribution in [0.15, 0.2) is 24.5 Å². The van der Waals surface area contributed by atoms with Crippen molar-refractivity contribution in [2.24, 2.45) is 0 Å². The highest BCUT2D eigenvalue weighted by atomic mass is 19.4. The van der Waals surface area contributed by atoms with Gasteiger partial charge in [-0.1, -0.05) is 6.92 Å². The molecule has 19 heavy (non-hydrogen) atoms. The van der Waals surface area contributed by atoms with Gasteiger partial charge in [-0.2, -0.15) is 13.2 Å². The molecular formula is C12H11F4N3. The zero-order valence-electron chi connectivity index (χ0n) is 10.1. The highest BCUT2D eigenvalue weighted by Crippen LogP contribution is 2.32. The van der Waals surface area contributed by atoms with Gasteiger partial charge in [-0.25, -0.2) is 4.39 Å². The molecule has 0 unspecified atom stereocenters. The van der Waals surface area contributed by atoms with Gasteiger partial charge in [0.05, 0.1) is 11.1 Å². The van der Waals surface area contributed by atoms with E-state index in [0.717, 1.165) is 18.6 Å². The fourth-order valence-corrected chi connectivity index (χ4v) is 1.74. The summed E-state index contributed by atoms with van der Waals surface area (Å²) in [5.41, 5.74) is -1.10. The molecule has 0 atom stereocenters. The van der Waals surface area contributed by atoms with Gasteiger partial charge in [0.25, 0.3) is 0 Å². The first-order valence-electron chi connectivity index (χ1n) is 5.68. The summed E-state index contributed by atoms with van der Waals surface area (Å²) in [5, 5.41) is 7.31. The fourth-order valence-electron chi connectivity index (χ4n) is 1.74. The Balaban J connectivity index is 2.52. The van der Waals surface area contributed by atoms with Gasteiger partial charge in [-0.15, -0.1) is 10.2 Å². The van der Waals surface area contributed by atoms with E-state index in [4.69, 9.17) is 0 Å². The molecule has 0 saturated carbocycles. The average Bonchev–Trinajstić information content (AvgIpc) is 2.77. The van der Waals surface area contributed by atoms with Gasteiger partial charge in [0.15, 0.2) is 5.82 Å². The van der Waals surface area contributed by atoms with Gasteiger partial charge in [-0.3, -0.25) is 0 Å². The molecule has 0 spiro atoms. The highest BCUT2D eigenvalue weighted by molar-refractivity contribution is 5.57. The molecule has 102 valence electrons. The first-order chi connectivity index (χ1) is 8.93. The highest BCUT2D eigenvalue weighted by Gasteiger charge is 2.31. The predicted molar refractivity (Wildman–Crippen MR) is 60.7 cm³/mol. The lowest BCUT2D eigenvalue weighted by Gasteiger charge is -2.10. The van der Waals surface area contributed by atoms with Crippen LogP contribution < -0.4 is 0 Å². The number of hydrogen-bond acceptors (Lipinski definition) is 2. The zero-order valence-corrected chi connectivity index (χ0v) is 10.1. The van der Waals surface area contributed by atoms with E-state index in [1.54, 1.807) is 0 Å². The van der Waals surface area contributed by atoms with E-state index >= 15 is 0 Å². The van der Waals surface area contributed by atoms with Crippen LogP contribution in [0.5, 0.6) is 0 Å². The van der Waals surface area contributed by atoms with Gasteiger partial charge >= 0.3 is 6.18 Å². The van der Waals surface area contributed by atoms with E-state index < -0.39 is 17.6 Å². The largest absolute Gasteiger partial charge is 0.416 e. The number of hydrogen-bond donors (Lipinski definition) is 0. The summed E-state index contributed by atoms with van der Waals surface area (Å²) in [5.74, 6) is -0.649. The Kier molecular flexibility index (Phi) is 3.55. The van der Waals surface area contributed by atoms with E-state index in [1.165, 1.54) is 10.9 Å². The summed E-state index contributed by atoms with van der Waals surface area (Å²) >= 11 is 0. The van der Waals surface area contributed by atoms with Crippen LogP contribution in [0.3, 0.4) is 0 Å². The van der Waals surface area contributed by atoms with Crippen LogP contribution in [0.25, 0.3) is 11.4 Å². The number of halogens is 4. The van der Waals surface area contributed by atoms with Crippen molar-refractivity contribution in [2.75, 3.05) is 0 Å². The molecule has 1 aromatic heterocycles. The van der Waals surface area contributed by atoms with E-state index in [-0.39, 0.29) is 11.4 Å². The van der Waals surface area contributed by atoms with Crippen LogP contribution in [-0.2, 0) is 12.7 Å². The molecule has 0 bridgehead atoms. The standard InChI is InChI=1S/C12H11F4N3/c1-2-5-19-7-17-18-11(19)9-6-8(12(14,15)16)3-4-10(9)13/h3-4,6-7H,2,5H2,1H3. The molecule has 0 fully saturated rings. The third-order valence-corrected chi connectivity index (χ3v) is 2.61. The van der Waals surface area contributed by atoms with Crippen LogP contribution in [-0.4, -0.2) is 14.8 Å². The topological polar surface area (TPSA) is 30.7 Å². The van der Waals surface area contributed by atoms with Crippen molar-refractivity contribution in [3.63, 3.8) is 0 Å². The number of benzene rings is 1. The first kappa shape index (κ1) is 13.5. The van der Waals surface area contributed by atoms with Crippen molar-refractivity contribution < 1.29 is 17.6 Å². The van der Waals surface area contributed by atoms with Crippen LogP contribution in [0.4, 0.5) is 17.6 Å². The molecule has 1 aromatic carbocycles. The Hall–Kier alpha value is -1.92. The minimum atomic E-state index is -4.52. The minimum absolute atomic E-state index is 0.102. The van der Waals surface area contributed by atoms with E-state index in [1.807, 2.05) is 6.92 Å². The summed E-state index contributed by atoms with van der Waals surface area (Å²) in [6.07, 6.45) is -2.40. The van der Waals surface area contributed by atoms with Gasteiger partial charge in [0, 0.05) is 6.54 Å². The molecular weight excluding hydrogens is 262 g/mol. The lowest BCUT2D eigenvalue weighted by molar-refractivity contribution is -0.137. The summed E-state index contributed by atoms with van der Waals surface area (Å²) in [7, 11) is 0. The quantitative estimate of drug-likeness (QED) is 0.801. The third-order valence-electron chi connectivity index (χ3n) is 2.61. The molecule has 0 aliphatic heterocycles. The molecule has 0 amide bonds. The van der Waals surface area contributed by atoms with Crippen molar-refractivity contribution in [3.05, 3.63) is 35.9 Å². The van der Waals surface area contributed by atoms with Crippen LogP contribution in [0, 0.1) is 5.82 Å². The van der Waals surface area contributed by atoms with Crippen molar-refractivity contribution in [2.45, 2.75) is 26.1 Å². The predicted octanol–water partition coefficient (Wildman–Crippen LogP) is 3.51. The number of aryl methyl sites for hydroxylation is 1. The number of aromatic nitrogens is 3. The van der Waals surface area contributed by atoms with Crippen molar-refractivity contribution >= 4 is 0 Å². The second-order valence-electron chi connectivity index (χ2n) is 4.04. The smallest absolute Gasteiger partial charge is 0.314 e. The molecule has 1 heterocycles. The van der Waals surface area contributed by atoms with Crippen molar-refractivity contribution in [1.29, 1.82) is 0 Å². The summed E-state index contributed by atoms with van der Waals surface area (Å²) in [6.45, 7) is 2.41. The normalized spacial score (nSPS) is 11.8. The Morgan fingerprint density at radius 1 is 1.26 bits per heavy atom. The number of rotatable bonds is 3. The van der Waals surface area contributed by atoms with Gasteiger partial charge < -0.3 is 4.57 Å². The molecule has 2 aromatic rings. The van der Waals surface area contributed by atoms with Crippen molar-refractivity contribution in [3.8, 4) is 11.4 Å². The maximum absolute atomic E-state index is 13.7. The summed E-state index contributed by atoms with van der Waals surface area (Å²) in [6, 6.07) is 2.26. The SMILES string of the molecule is CCCn1cnnc1-c1cc(C(F)(F)F)ccc1F. The first-order valence-corrected chi connectivity index (χ1v) is 5.68. The van der Waals surface area contributed by atoms with Crippen molar-refractivity contribution in [1.82, 2.24) is 14.8 Å². The molecule has 0 saturated heterocycles. The van der Waals surface area contributed by atoms with Gasteiger partial charge in [-0.05, 0) is 24.6 Å². The van der Waals surface area contributed by atoms with E-state index in [2.05, 4.69) is 10.2 Å². The molecule has 2 rings (SSSR count). The molecule has 0 N–H and O–H groups in total. The van der Waals surface area contributed by atoms with Crippen LogP contribution in [0.2, 0.25) is 0 Å². The Labute approximate surface area is 106 Å². The lowest BCUT2D eigenvalue weighted by Crippen LogP contribution is -2.07. The lowest BCUT2D eigenvalue weighted by atomic mass is 10.1. The van der Waals surface area contributed by atoms with Gasteiger partial charge in [0.2, 0.25) is 0 Å². The Bertz CT molecular complexity index is 575. The van der Waals surface area contributed by atoms with Crippen LogP contribution >= 0.6 is 0 Å². The van der Waals surface area contributed by atoms with Crippen LogP contribution in [0.1, 0.15) is 18.9 Å². The number of alkyl halides is 3. The van der Waals surface area contributed by atoms with E-state index in [9.17, 15) is 17.6 Å². The Morgan fingerprint density at radius 3 is 2.63 bits per heavy atom. The maximum atomic E-state index is 13.7. The molecule has 0 aliphatic carbocycles. The third kappa shape index (κ3) is 2.74. The fraction of sp³-hybridized carbons (Fsp3) is 0.333. The maximum Gasteiger partial charge on any atom is 0.416 e. The second-order valence-corrected chi connectivity index (χ2v) is 4.04. The molecule has 0 radical (unpaired) electrons. The zero-order chi connectivity index (χ0) is 14.0. The minimum Gasteiger partial charge on any atom is -0.314 e. The van der Waals surface area contributed by atoms with E-state index in [0.29, 0.717) is 12.6 Å². The van der Waals surface area contributed by atoms with Gasteiger partial charge in [0.1, 0.15) is 12.1 Å². The monoisotopic (exact) mass is 273 g/mol. The Morgan fingerprint density at radius 2 is 2.00 bits per heavy atom. The second kappa shape index (κ2) is 4.99. The average molecular weight is 273 g/mol. The molecule has 7 heteroatoms. The molecule has 0 aliphatic rings. The number of nitrogens with zero attached hydrogens (tertiary/aromatic N) is 3. The summed E-state index contributed by atoms with van der Waals surface area (Å²) < 4.78 is 53.1.